The summed E-state index contributed by atoms with van der Waals surface area (Å²) in [6.45, 7) is 0. The second kappa shape index (κ2) is 5.35. The Morgan fingerprint density at radius 1 is 1.00 bits per heavy atom. The predicted molar refractivity (Wildman–Crippen MR) is 88.6 cm³/mol. The second-order valence-corrected chi connectivity index (χ2v) is 6.58. The Balaban J connectivity index is 2.15. The number of ketones is 1. The maximum atomic E-state index is 12.6. The van der Waals surface area contributed by atoms with Crippen molar-refractivity contribution in [3.8, 4) is 0 Å². The molecule has 0 aliphatic carbocycles. The molecule has 0 spiro atoms. The van der Waals surface area contributed by atoms with Gasteiger partial charge in [-0.25, -0.2) is 0 Å². The Morgan fingerprint density at radius 2 is 1.70 bits per heavy atom. The molecule has 20 heavy (non-hydrogen) atoms. The van der Waals surface area contributed by atoms with Crippen molar-refractivity contribution in [2.24, 2.45) is 0 Å². The number of H-pyrrole nitrogens is 1. The molecule has 0 amide bonds. The smallest absolute Gasteiger partial charge is 0.196 e. The topological polar surface area (TPSA) is 32.9 Å². The summed E-state index contributed by atoms with van der Waals surface area (Å²) in [5.41, 5.74) is 2.02. The van der Waals surface area contributed by atoms with E-state index < -0.39 is 0 Å². The first-order valence-corrected chi connectivity index (χ1v) is 7.79. The predicted octanol–water partition coefficient (Wildman–Crippen LogP) is 5.58. The van der Waals surface area contributed by atoms with Crippen LogP contribution in [0.5, 0.6) is 0 Å². The van der Waals surface area contributed by atoms with Crippen LogP contribution in [0.15, 0.2) is 51.5 Å². The number of hydrogen-bond donors (Lipinski definition) is 1. The molecule has 3 rings (SSSR count). The van der Waals surface area contributed by atoms with E-state index in [1.54, 1.807) is 18.3 Å². The molecule has 1 N–H and O–H groups in total. The molecule has 0 fully saturated rings. The van der Waals surface area contributed by atoms with Gasteiger partial charge in [0, 0.05) is 37.2 Å². The molecule has 5 heteroatoms. The Morgan fingerprint density at radius 3 is 2.50 bits per heavy atom. The van der Waals surface area contributed by atoms with Gasteiger partial charge in [-0.15, -0.1) is 0 Å². The third-order valence-corrected chi connectivity index (χ3v) is 4.38. The third kappa shape index (κ3) is 2.43. The van der Waals surface area contributed by atoms with Crippen LogP contribution < -0.4 is 0 Å². The first kappa shape index (κ1) is 13.9. The third-order valence-electron chi connectivity index (χ3n) is 3.06. The van der Waals surface area contributed by atoms with Gasteiger partial charge in [0.25, 0.3) is 0 Å². The zero-order valence-corrected chi connectivity index (χ0v) is 14.0. The maximum Gasteiger partial charge on any atom is 0.196 e. The van der Waals surface area contributed by atoms with E-state index in [9.17, 15) is 4.79 Å². The van der Waals surface area contributed by atoms with E-state index in [0.29, 0.717) is 16.1 Å². The molecule has 2 aromatic carbocycles. The lowest BCUT2D eigenvalue weighted by atomic mass is 10.0. The lowest BCUT2D eigenvalue weighted by Gasteiger charge is -2.03. The summed E-state index contributed by atoms with van der Waals surface area (Å²) in [6, 6.07) is 11.0. The number of carbonyl (C=O) groups excluding carboxylic acids is 1. The molecule has 0 unspecified atom stereocenters. The molecule has 1 aromatic heterocycles. The van der Waals surface area contributed by atoms with E-state index in [-0.39, 0.29) is 5.78 Å². The van der Waals surface area contributed by atoms with E-state index in [2.05, 4.69) is 36.8 Å². The summed E-state index contributed by atoms with van der Waals surface area (Å²) in [6.07, 6.45) is 1.72. The van der Waals surface area contributed by atoms with Crippen LogP contribution in [0.25, 0.3) is 10.9 Å². The molecular weight excluding hydrogens is 405 g/mol. The molecular formula is C15H8Br2ClNO. The highest BCUT2D eigenvalue weighted by atomic mass is 79.9. The highest BCUT2D eigenvalue weighted by molar-refractivity contribution is 9.10. The quantitative estimate of drug-likeness (QED) is 0.547. The van der Waals surface area contributed by atoms with E-state index in [1.807, 2.05) is 24.3 Å². The molecule has 0 saturated heterocycles. The summed E-state index contributed by atoms with van der Waals surface area (Å²) in [4.78, 5) is 15.8. The monoisotopic (exact) mass is 411 g/mol. The van der Waals surface area contributed by atoms with Gasteiger partial charge in [0.15, 0.2) is 5.78 Å². The van der Waals surface area contributed by atoms with Crippen LogP contribution in [0.2, 0.25) is 5.02 Å². The molecule has 2 nitrogen and oxygen atoms in total. The molecule has 0 radical (unpaired) electrons. The number of fused-ring (bicyclic) bond motifs is 1. The van der Waals surface area contributed by atoms with Crippen molar-refractivity contribution in [3.63, 3.8) is 0 Å². The van der Waals surface area contributed by atoms with Crippen molar-refractivity contribution in [1.82, 2.24) is 4.98 Å². The normalized spacial score (nSPS) is 10.9. The van der Waals surface area contributed by atoms with Crippen molar-refractivity contribution in [2.45, 2.75) is 0 Å². The number of carbonyl (C=O) groups is 1. The number of hydrogen-bond acceptors (Lipinski definition) is 1. The number of aromatic amines is 1. The SMILES string of the molecule is O=C(c1cc(Br)ccc1Cl)c1c[nH]c2cc(Br)ccc12. The van der Waals surface area contributed by atoms with Gasteiger partial charge in [-0.05, 0) is 30.3 Å². The lowest BCUT2D eigenvalue weighted by molar-refractivity contribution is 0.104. The molecule has 3 aromatic rings. The number of benzene rings is 2. The number of aromatic nitrogens is 1. The average molecular weight is 413 g/mol. The maximum absolute atomic E-state index is 12.6. The van der Waals surface area contributed by atoms with Crippen molar-refractivity contribution in [2.75, 3.05) is 0 Å². The number of rotatable bonds is 2. The standard InChI is InChI=1S/C15H8Br2ClNO/c16-8-2-4-13(18)11(5-8)15(20)12-7-19-14-6-9(17)1-3-10(12)14/h1-7,19H. The van der Waals surface area contributed by atoms with E-state index in [4.69, 9.17) is 11.6 Å². The fraction of sp³-hybridized carbons (Fsp3) is 0. The van der Waals surface area contributed by atoms with Crippen molar-refractivity contribution in [3.05, 3.63) is 67.7 Å². The summed E-state index contributed by atoms with van der Waals surface area (Å²) in [5, 5.41) is 1.33. The summed E-state index contributed by atoms with van der Waals surface area (Å²) in [7, 11) is 0. The highest BCUT2D eigenvalue weighted by Crippen LogP contribution is 2.28. The van der Waals surface area contributed by atoms with Gasteiger partial charge in [-0.2, -0.15) is 0 Å². The van der Waals surface area contributed by atoms with Gasteiger partial charge < -0.3 is 4.98 Å². The molecule has 100 valence electrons. The van der Waals surface area contributed by atoms with E-state index >= 15 is 0 Å². The number of halogens is 3. The zero-order chi connectivity index (χ0) is 14.3. The van der Waals surface area contributed by atoms with Crippen LogP contribution in [-0.4, -0.2) is 10.8 Å². The molecule has 0 aliphatic rings. The largest absolute Gasteiger partial charge is 0.360 e. The van der Waals surface area contributed by atoms with Crippen LogP contribution in [0.4, 0.5) is 0 Å². The summed E-state index contributed by atoms with van der Waals surface area (Å²) < 4.78 is 1.79. The van der Waals surface area contributed by atoms with Gasteiger partial charge in [0.05, 0.1) is 5.02 Å². The molecule has 0 saturated carbocycles. The van der Waals surface area contributed by atoms with Crippen molar-refractivity contribution < 1.29 is 4.79 Å². The summed E-state index contributed by atoms with van der Waals surface area (Å²) >= 11 is 12.9. The molecule has 0 atom stereocenters. The first-order chi connectivity index (χ1) is 9.56. The van der Waals surface area contributed by atoms with Crippen LogP contribution in [-0.2, 0) is 0 Å². The zero-order valence-electron chi connectivity index (χ0n) is 10.1. The fourth-order valence-electron chi connectivity index (χ4n) is 2.10. The second-order valence-electron chi connectivity index (χ2n) is 4.35. The fourth-order valence-corrected chi connectivity index (χ4v) is 3.03. The van der Waals surface area contributed by atoms with Gasteiger partial charge in [0.2, 0.25) is 0 Å². The first-order valence-electron chi connectivity index (χ1n) is 5.82. The molecule has 0 aliphatic heterocycles. The van der Waals surface area contributed by atoms with Gasteiger partial charge in [0.1, 0.15) is 0 Å². The van der Waals surface area contributed by atoms with E-state index in [1.165, 1.54) is 0 Å². The molecule has 0 bridgehead atoms. The van der Waals surface area contributed by atoms with Crippen LogP contribution in [0, 0.1) is 0 Å². The van der Waals surface area contributed by atoms with E-state index in [0.717, 1.165) is 19.8 Å². The average Bonchev–Trinajstić information content (AvgIpc) is 2.83. The Kier molecular flexibility index (Phi) is 3.71. The van der Waals surface area contributed by atoms with Gasteiger partial charge in [-0.1, -0.05) is 49.5 Å². The minimum atomic E-state index is -0.0927. The summed E-state index contributed by atoms with van der Waals surface area (Å²) in [5.74, 6) is -0.0927. The van der Waals surface area contributed by atoms with Crippen LogP contribution in [0.3, 0.4) is 0 Å². The Labute approximate surface area is 137 Å². The van der Waals surface area contributed by atoms with Gasteiger partial charge >= 0.3 is 0 Å². The minimum absolute atomic E-state index is 0.0927. The van der Waals surface area contributed by atoms with Crippen LogP contribution in [0.1, 0.15) is 15.9 Å². The lowest BCUT2D eigenvalue weighted by Crippen LogP contribution is -2.01. The number of nitrogens with one attached hydrogen (secondary N) is 1. The van der Waals surface area contributed by atoms with Crippen molar-refractivity contribution >= 4 is 60.1 Å². The van der Waals surface area contributed by atoms with Gasteiger partial charge in [-0.3, -0.25) is 4.79 Å². The van der Waals surface area contributed by atoms with Crippen molar-refractivity contribution in [1.29, 1.82) is 0 Å². The Bertz CT molecular complexity index is 826. The Hall–Kier alpha value is -1.10. The minimum Gasteiger partial charge on any atom is -0.360 e. The molecule has 1 heterocycles. The van der Waals surface area contributed by atoms with Crippen LogP contribution >= 0.6 is 43.5 Å². The highest BCUT2D eigenvalue weighted by Gasteiger charge is 2.17.